The first kappa shape index (κ1) is 48.3. The van der Waals surface area contributed by atoms with Gasteiger partial charge in [0.1, 0.15) is 24.3 Å². The molecule has 10 heteroatoms. The van der Waals surface area contributed by atoms with Crippen LogP contribution in [0.1, 0.15) is 129 Å². The zero-order chi connectivity index (χ0) is 48.7. The quantitative estimate of drug-likeness (QED) is 0.0657. The average Bonchev–Trinajstić information content (AvgIpc) is 3.99. The van der Waals surface area contributed by atoms with Crippen LogP contribution < -0.4 is 5.32 Å². The smallest absolute Gasteiger partial charge is 0.407 e. The standard InChI is InChI=1S/C60H61ClN2O7/c1-59(2,43-23-10-6-11-24-43)70-57(66)54-33-20-38-63(54)56(65)53(62-58(67)68-40-50-48-29-16-14-27-46(48)47-28-15-17-30-49(47)50)39-55(64)69-60(44-25-12-7-13-26-44,51-31-18-19-32-52(51)61)45-36-34-42(35-37-45)41-21-8-4-3-5-9-22-41/h6-7,10-19,23-32,34-37,41,50,53-54H,3-5,8-9,20-22,33,38-40H2,1-2H3,(H,62,67)/t53-,54-,60?/m0/s1. The number of ether oxygens (including phenoxy) is 3. The Balaban J connectivity index is 1.03. The molecule has 3 aliphatic rings. The van der Waals surface area contributed by atoms with E-state index in [0.717, 1.165) is 40.7 Å². The lowest BCUT2D eigenvalue weighted by atomic mass is 9.78. The maximum absolute atomic E-state index is 15.1. The lowest BCUT2D eigenvalue weighted by Gasteiger charge is -2.37. The maximum Gasteiger partial charge on any atom is 0.407 e. The normalized spacial score (nSPS) is 17.5. The first-order valence-electron chi connectivity index (χ1n) is 24.9. The molecule has 1 saturated heterocycles. The summed E-state index contributed by atoms with van der Waals surface area (Å²) < 4.78 is 18.9. The number of benzene rings is 6. The number of alkyl carbamates (subject to hydrolysis) is 1. The van der Waals surface area contributed by atoms with Crippen LogP contribution in [0.5, 0.6) is 0 Å². The summed E-state index contributed by atoms with van der Waals surface area (Å²) in [5.41, 5.74) is 5.51. The summed E-state index contributed by atoms with van der Waals surface area (Å²) in [6.45, 7) is 3.81. The molecule has 360 valence electrons. The molecular weight excluding hydrogens is 896 g/mol. The van der Waals surface area contributed by atoms with Gasteiger partial charge in [-0.15, -0.1) is 0 Å². The van der Waals surface area contributed by atoms with Crippen LogP contribution in [-0.4, -0.2) is 54.1 Å². The highest BCUT2D eigenvalue weighted by molar-refractivity contribution is 6.31. The van der Waals surface area contributed by atoms with Gasteiger partial charge in [0.2, 0.25) is 5.91 Å². The van der Waals surface area contributed by atoms with Crippen LogP contribution in [-0.2, 0) is 39.8 Å². The fraction of sp³-hybridized carbons (Fsp3) is 0.333. The van der Waals surface area contributed by atoms with E-state index >= 15 is 9.59 Å². The number of hydrogen-bond acceptors (Lipinski definition) is 7. The largest absolute Gasteiger partial charge is 0.453 e. The topological polar surface area (TPSA) is 111 Å². The third-order valence-corrected chi connectivity index (χ3v) is 14.9. The van der Waals surface area contributed by atoms with Gasteiger partial charge in [-0.1, -0.05) is 195 Å². The summed E-state index contributed by atoms with van der Waals surface area (Å²) >= 11 is 7.10. The van der Waals surface area contributed by atoms with Crippen molar-refractivity contribution >= 4 is 35.5 Å². The van der Waals surface area contributed by atoms with Gasteiger partial charge in [-0.2, -0.15) is 0 Å². The molecule has 6 aromatic rings. The lowest BCUT2D eigenvalue weighted by molar-refractivity contribution is -0.166. The number of esters is 2. The minimum Gasteiger partial charge on any atom is -0.453 e. The number of amides is 2. The van der Waals surface area contributed by atoms with Crippen molar-refractivity contribution in [3.63, 3.8) is 0 Å². The molecule has 0 radical (unpaired) electrons. The van der Waals surface area contributed by atoms with Gasteiger partial charge < -0.3 is 24.4 Å². The lowest BCUT2D eigenvalue weighted by Crippen LogP contribution is -2.53. The Kier molecular flexibility index (Phi) is 14.9. The van der Waals surface area contributed by atoms with Gasteiger partial charge in [0, 0.05) is 34.2 Å². The summed E-state index contributed by atoms with van der Waals surface area (Å²) in [5, 5.41) is 3.15. The van der Waals surface area contributed by atoms with Crippen molar-refractivity contribution < 1.29 is 33.4 Å². The zero-order valence-corrected chi connectivity index (χ0v) is 40.7. The molecule has 1 aliphatic heterocycles. The van der Waals surface area contributed by atoms with Gasteiger partial charge in [0.25, 0.3) is 0 Å². The zero-order valence-electron chi connectivity index (χ0n) is 40.0. The Hall–Kier alpha value is -6.71. The van der Waals surface area contributed by atoms with Crippen LogP contribution in [0.25, 0.3) is 11.1 Å². The van der Waals surface area contributed by atoms with Gasteiger partial charge in [0.15, 0.2) is 5.60 Å². The SMILES string of the molecule is CC(C)(OC(=O)[C@@H]1CCCN1C(=O)[C@H](CC(=O)OC(c1ccccc1)(c1ccc(C2CCCCCCC2)cc1)c1ccccc1Cl)NC(=O)OCC1c2ccccc2-c2ccccc21)c1ccccc1. The first-order chi connectivity index (χ1) is 34.0. The van der Waals surface area contributed by atoms with Gasteiger partial charge in [-0.3, -0.25) is 9.59 Å². The Bertz CT molecular complexity index is 2740. The third-order valence-electron chi connectivity index (χ3n) is 14.5. The number of hydrogen-bond donors (Lipinski definition) is 1. The van der Waals surface area contributed by atoms with Crippen LogP contribution in [0.4, 0.5) is 4.79 Å². The number of likely N-dealkylation sites (tertiary alicyclic amines) is 1. The number of carbonyl (C=O) groups is 4. The molecule has 9 rings (SSSR count). The Morgan fingerprint density at radius 1 is 0.629 bits per heavy atom. The summed E-state index contributed by atoms with van der Waals surface area (Å²) in [6.07, 6.45) is 7.75. The van der Waals surface area contributed by atoms with E-state index in [1.54, 1.807) is 6.07 Å². The monoisotopic (exact) mass is 956 g/mol. The van der Waals surface area contributed by atoms with Crippen LogP contribution >= 0.6 is 11.6 Å². The van der Waals surface area contributed by atoms with E-state index in [0.29, 0.717) is 40.5 Å². The second kappa shape index (κ2) is 21.5. The number of carbonyl (C=O) groups excluding carboxylic acids is 4. The number of rotatable bonds is 14. The minimum absolute atomic E-state index is 0.0150. The Labute approximate surface area is 416 Å². The third kappa shape index (κ3) is 10.3. The molecule has 0 bridgehead atoms. The molecular formula is C60H61ClN2O7. The molecule has 6 aromatic carbocycles. The maximum atomic E-state index is 15.1. The predicted octanol–water partition coefficient (Wildman–Crippen LogP) is 12.8. The summed E-state index contributed by atoms with van der Waals surface area (Å²) in [7, 11) is 0. The summed E-state index contributed by atoms with van der Waals surface area (Å²) in [5.74, 6) is -1.81. The molecule has 2 aliphatic carbocycles. The molecule has 0 aromatic heterocycles. The Morgan fingerprint density at radius 2 is 1.19 bits per heavy atom. The van der Waals surface area contributed by atoms with Gasteiger partial charge >= 0.3 is 18.0 Å². The van der Waals surface area contributed by atoms with Crippen molar-refractivity contribution in [2.45, 2.75) is 113 Å². The van der Waals surface area contributed by atoms with Crippen LogP contribution in [0.15, 0.2) is 158 Å². The second-order valence-corrected chi connectivity index (χ2v) is 19.8. The highest BCUT2D eigenvalue weighted by atomic mass is 35.5. The summed E-state index contributed by atoms with van der Waals surface area (Å²) in [4.78, 5) is 59.7. The van der Waals surface area contributed by atoms with Gasteiger partial charge in [-0.25, -0.2) is 9.59 Å². The molecule has 1 N–H and O–H groups in total. The van der Waals surface area contributed by atoms with Gasteiger partial charge in [0.05, 0.1) is 6.42 Å². The number of halogens is 1. The van der Waals surface area contributed by atoms with E-state index in [2.05, 4.69) is 29.6 Å². The van der Waals surface area contributed by atoms with E-state index in [1.807, 2.05) is 141 Å². The van der Waals surface area contributed by atoms with Crippen molar-refractivity contribution in [3.8, 4) is 11.1 Å². The summed E-state index contributed by atoms with van der Waals surface area (Å²) in [6, 6.07) is 48.1. The van der Waals surface area contributed by atoms with Crippen molar-refractivity contribution in [2.75, 3.05) is 13.2 Å². The predicted molar refractivity (Wildman–Crippen MR) is 272 cm³/mol. The first-order valence-corrected chi connectivity index (χ1v) is 25.2. The molecule has 1 saturated carbocycles. The molecule has 2 amide bonds. The van der Waals surface area contributed by atoms with Gasteiger partial charge in [-0.05, 0) is 84.9 Å². The molecule has 1 heterocycles. The fourth-order valence-electron chi connectivity index (χ4n) is 10.9. The van der Waals surface area contributed by atoms with Crippen molar-refractivity contribution in [3.05, 3.63) is 202 Å². The number of nitrogens with zero attached hydrogens (tertiary/aromatic N) is 1. The Morgan fingerprint density at radius 3 is 1.83 bits per heavy atom. The van der Waals surface area contributed by atoms with E-state index in [1.165, 1.54) is 42.6 Å². The van der Waals surface area contributed by atoms with E-state index in [9.17, 15) is 9.59 Å². The molecule has 9 nitrogen and oxygen atoms in total. The van der Waals surface area contributed by atoms with E-state index in [4.69, 9.17) is 25.8 Å². The molecule has 2 fully saturated rings. The number of nitrogens with one attached hydrogen (secondary N) is 1. The minimum atomic E-state index is -1.57. The molecule has 70 heavy (non-hydrogen) atoms. The van der Waals surface area contributed by atoms with Crippen LogP contribution in [0.2, 0.25) is 5.02 Å². The molecule has 1 unspecified atom stereocenters. The highest BCUT2D eigenvalue weighted by Crippen LogP contribution is 2.46. The van der Waals surface area contributed by atoms with Crippen molar-refractivity contribution in [2.24, 2.45) is 0 Å². The van der Waals surface area contributed by atoms with Crippen molar-refractivity contribution in [1.29, 1.82) is 0 Å². The van der Waals surface area contributed by atoms with Crippen molar-refractivity contribution in [1.82, 2.24) is 10.2 Å². The number of fused-ring (bicyclic) bond motifs is 3. The molecule has 3 atom stereocenters. The van der Waals surface area contributed by atoms with Crippen LogP contribution in [0.3, 0.4) is 0 Å². The van der Waals surface area contributed by atoms with E-state index < -0.39 is 53.6 Å². The molecule has 0 spiro atoms. The fourth-order valence-corrected chi connectivity index (χ4v) is 11.2. The average molecular weight is 958 g/mol. The van der Waals surface area contributed by atoms with Crippen LogP contribution in [0, 0.1) is 0 Å². The second-order valence-electron chi connectivity index (χ2n) is 19.4. The highest BCUT2D eigenvalue weighted by Gasteiger charge is 2.45. The van der Waals surface area contributed by atoms with E-state index in [-0.39, 0.29) is 19.1 Å².